The Labute approximate surface area is 240 Å². The van der Waals surface area contributed by atoms with Crippen LogP contribution in [0.25, 0.3) is 0 Å². The van der Waals surface area contributed by atoms with Crippen LogP contribution in [-0.4, -0.2) is 29.2 Å². The zero-order valence-corrected chi connectivity index (χ0v) is 22.9. The first-order chi connectivity index (χ1) is 19.7. The number of alkyl halides is 3. The van der Waals surface area contributed by atoms with Crippen LogP contribution in [0.4, 0.5) is 13.2 Å². The van der Waals surface area contributed by atoms with E-state index in [-0.39, 0.29) is 13.2 Å². The lowest BCUT2D eigenvalue weighted by molar-refractivity contribution is -0.145. The second kappa shape index (κ2) is 13.6. The summed E-state index contributed by atoms with van der Waals surface area (Å²) in [5.74, 6) is 11.9. The van der Waals surface area contributed by atoms with Gasteiger partial charge in [0.25, 0.3) is 0 Å². The summed E-state index contributed by atoms with van der Waals surface area (Å²) in [7, 11) is 0. The predicted octanol–water partition coefficient (Wildman–Crippen LogP) is 6.70. The van der Waals surface area contributed by atoms with Crippen molar-refractivity contribution in [2.45, 2.75) is 29.8 Å². The first-order valence-electron chi connectivity index (χ1n) is 12.4. The first kappa shape index (κ1) is 29.3. The second-order valence-corrected chi connectivity index (χ2v) is 9.63. The Morgan fingerprint density at radius 2 is 1.59 bits per heavy atom. The van der Waals surface area contributed by atoms with Crippen molar-refractivity contribution in [1.29, 1.82) is 0 Å². The van der Waals surface area contributed by atoms with Crippen molar-refractivity contribution in [3.63, 3.8) is 0 Å². The Bertz CT molecular complexity index is 1650. The summed E-state index contributed by atoms with van der Waals surface area (Å²) in [6, 6.07) is 19.2. The van der Waals surface area contributed by atoms with Gasteiger partial charge in [-0.25, -0.2) is 14.8 Å². The molecular weight excluding hydrogens is 549 g/mol. The molecule has 0 bridgehead atoms. The molecule has 9 heteroatoms. The number of aryl methyl sites for hydroxylation is 1. The average molecular weight is 573 g/mol. The van der Waals surface area contributed by atoms with Crippen molar-refractivity contribution >= 4 is 17.7 Å². The molecule has 0 N–H and O–H groups in total. The molecule has 0 radical (unpaired) electrons. The van der Waals surface area contributed by atoms with E-state index >= 15 is 0 Å². The van der Waals surface area contributed by atoms with Gasteiger partial charge in [0.2, 0.25) is 0 Å². The predicted molar refractivity (Wildman–Crippen MR) is 149 cm³/mol. The Balaban J connectivity index is 1.60. The largest absolute Gasteiger partial charge is 0.482 e. The van der Waals surface area contributed by atoms with Gasteiger partial charge in [-0.3, -0.25) is 0 Å². The van der Waals surface area contributed by atoms with Gasteiger partial charge < -0.3 is 9.47 Å². The summed E-state index contributed by atoms with van der Waals surface area (Å²) in [6.07, 6.45) is -2.77. The molecule has 0 aliphatic carbocycles. The lowest BCUT2D eigenvalue weighted by atomic mass is 10.1. The highest BCUT2D eigenvalue weighted by atomic mass is 32.2. The van der Waals surface area contributed by atoms with Gasteiger partial charge in [0.1, 0.15) is 22.8 Å². The molecule has 0 saturated heterocycles. The number of esters is 1. The van der Waals surface area contributed by atoms with E-state index in [2.05, 4.69) is 33.6 Å². The van der Waals surface area contributed by atoms with E-state index < -0.39 is 17.7 Å². The minimum absolute atomic E-state index is 0.176. The van der Waals surface area contributed by atoms with Crippen LogP contribution in [0.1, 0.15) is 40.7 Å². The summed E-state index contributed by atoms with van der Waals surface area (Å²) in [5.41, 5.74) is 1.98. The molecule has 0 saturated carbocycles. The lowest BCUT2D eigenvalue weighted by Crippen LogP contribution is -2.14. The molecule has 0 fully saturated rings. The second-order valence-electron chi connectivity index (χ2n) is 8.49. The maximum Gasteiger partial charge on any atom is 0.416 e. The van der Waals surface area contributed by atoms with E-state index in [1.165, 1.54) is 23.9 Å². The normalized spacial score (nSPS) is 10.6. The number of carbonyl (C=O) groups excluding carboxylic acids is 1. The molecule has 2 heterocycles. The smallest absolute Gasteiger partial charge is 0.416 e. The zero-order chi connectivity index (χ0) is 29.2. The molecule has 4 rings (SSSR count). The third kappa shape index (κ3) is 8.89. The van der Waals surface area contributed by atoms with Gasteiger partial charge in [0.15, 0.2) is 6.61 Å². The monoisotopic (exact) mass is 572 g/mol. The van der Waals surface area contributed by atoms with E-state index in [9.17, 15) is 18.0 Å². The number of rotatable bonds is 6. The molecule has 0 unspecified atom stereocenters. The number of nitrogens with zero attached hydrogens (tertiary/aromatic N) is 2. The molecule has 4 aromatic rings. The van der Waals surface area contributed by atoms with E-state index in [0.717, 1.165) is 27.5 Å². The molecular formula is C32H23F3N2O3S. The van der Waals surface area contributed by atoms with Gasteiger partial charge in [0.05, 0.1) is 12.2 Å². The van der Waals surface area contributed by atoms with E-state index in [1.54, 1.807) is 37.4 Å². The van der Waals surface area contributed by atoms with E-state index in [4.69, 9.17) is 9.47 Å². The molecule has 0 atom stereocenters. The number of ether oxygens (including phenoxy) is 2. The quantitative estimate of drug-likeness (QED) is 0.189. The summed E-state index contributed by atoms with van der Waals surface area (Å²) in [5, 5.41) is 0. The van der Waals surface area contributed by atoms with Gasteiger partial charge in [-0.15, -0.1) is 0 Å². The standard InChI is InChI=1S/C32H23F3N2O3S/c1-3-39-31(38)21-40-30-16-15-28(18-22(30)2)41-29-19-26(12-9-23-7-10-24(11-8-23)32(33,34)35)37-27(20-29)14-13-25-6-4-5-17-36-25/h4-8,10-11,15-20H,3,21H2,1-2H3. The molecule has 206 valence electrons. The first-order valence-corrected chi connectivity index (χ1v) is 13.2. The minimum atomic E-state index is -4.41. The van der Waals surface area contributed by atoms with Crippen molar-refractivity contribution in [2.75, 3.05) is 13.2 Å². The van der Waals surface area contributed by atoms with Gasteiger partial charge in [0, 0.05) is 21.6 Å². The Morgan fingerprint density at radius 3 is 2.22 bits per heavy atom. The van der Waals surface area contributed by atoms with Crippen molar-refractivity contribution < 1.29 is 27.4 Å². The highest BCUT2D eigenvalue weighted by Crippen LogP contribution is 2.32. The van der Waals surface area contributed by atoms with Crippen LogP contribution in [0.15, 0.2) is 88.8 Å². The van der Waals surface area contributed by atoms with E-state index in [1.807, 2.05) is 31.2 Å². The highest BCUT2D eigenvalue weighted by Gasteiger charge is 2.29. The Hall–Kier alpha value is -4.73. The molecule has 0 spiro atoms. The lowest BCUT2D eigenvalue weighted by Gasteiger charge is -2.10. The van der Waals surface area contributed by atoms with Gasteiger partial charge in [-0.05, 0) is 104 Å². The fourth-order valence-electron chi connectivity index (χ4n) is 3.46. The Morgan fingerprint density at radius 1 is 0.878 bits per heavy atom. The van der Waals surface area contributed by atoms with Crippen molar-refractivity contribution in [3.05, 3.63) is 113 Å². The van der Waals surface area contributed by atoms with Gasteiger partial charge >= 0.3 is 12.1 Å². The fourth-order valence-corrected chi connectivity index (χ4v) is 4.44. The van der Waals surface area contributed by atoms with Crippen LogP contribution in [0.5, 0.6) is 5.75 Å². The number of carbonyl (C=O) groups is 1. The fraction of sp³-hybridized carbons (Fsp3) is 0.156. The number of hydrogen-bond acceptors (Lipinski definition) is 6. The van der Waals surface area contributed by atoms with Crippen LogP contribution in [0.3, 0.4) is 0 Å². The molecule has 2 aromatic carbocycles. The molecule has 5 nitrogen and oxygen atoms in total. The maximum atomic E-state index is 12.9. The van der Waals surface area contributed by atoms with E-state index in [0.29, 0.717) is 28.4 Å². The molecule has 0 aliphatic rings. The highest BCUT2D eigenvalue weighted by molar-refractivity contribution is 7.99. The van der Waals surface area contributed by atoms with Gasteiger partial charge in [-0.1, -0.05) is 23.7 Å². The van der Waals surface area contributed by atoms with Crippen LogP contribution in [-0.2, 0) is 15.7 Å². The maximum absolute atomic E-state index is 12.9. The minimum Gasteiger partial charge on any atom is -0.482 e. The number of pyridine rings is 2. The van der Waals surface area contributed by atoms with Gasteiger partial charge in [-0.2, -0.15) is 13.2 Å². The zero-order valence-electron chi connectivity index (χ0n) is 22.1. The van der Waals surface area contributed by atoms with Crippen LogP contribution < -0.4 is 4.74 Å². The summed E-state index contributed by atoms with van der Waals surface area (Å²) in [6.45, 7) is 3.72. The van der Waals surface area contributed by atoms with Crippen molar-refractivity contribution in [3.8, 4) is 29.4 Å². The number of hydrogen-bond donors (Lipinski definition) is 0. The topological polar surface area (TPSA) is 61.3 Å². The molecule has 41 heavy (non-hydrogen) atoms. The third-order valence-corrected chi connectivity index (χ3v) is 6.32. The average Bonchev–Trinajstić information content (AvgIpc) is 2.95. The molecule has 0 amide bonds. The van der Waals surface area contributed by atoms with Crippen molar-refractivity contribution in [2.24, 2.45) is 0 Å². The summed E-state index contributed by atoms with van der Waals surface area (Å²) in [4.78, 5) is 22.0. The van der Waals surface area contributed by atoms with Crippen LogP contribution in [0, 0.1) is 30.6 Å². The number of aromatic nitrogens is 2. The Kier molecular flexibility index (Phi) is 9.68. The molecule has 0 aliphatic heterocycles. The van der Waals surface area contributed by atoms with Crippen molar-refractivity contribution in [1.82, 2.24) is 9.97 Å². The SMILES string of the molecule is CCOC(=O)COc1ccc(Sc2cc(C#Cc3ccc(C(F)(F)F)cc3)nc(C#Cc3ccccn3)c2)cc1C. The summed E-state index contributed by atoms with van der Waals surface area (Å²) >= 11 is 1.46. The third-order valence-electron chi connectivity index (χ3n) is 5.36. The number of halogens is 3. The van der Waals surface area contributed by atoms with Crippen LogP contribution >= 0.6 is 11.8 Å². The molecule has 2 aromatic heterocycles. The number of benzene rings is 2. The summed E-state index contributed by atoms with van der Waals surface area (Å²) < 4.78 is 49.1. The van der Waals surface area contributed by atoms with Crippen LogP contribution in [0.2, 0.25) is 0 Å².